The zero-order chi connectivity index (χ0) is 12.8. The minimum Gasteiger partial charge on any atom is -0.313 e. The topological polar surface area (TPSA) is 29.9 Å². The van der Waals surface area contributed by atoms with Crippen LogP contribution in [0.15, 0.2) is 29.9 Å². The van der Waals surface area contributed by atoms with E-state index in [1.807, 2.05) is 29.3 Å². The Bertz CT molecular complexity index is 447. The zero-order valence-corrected chi connectivity index (χ0v) is 11.9. The summed E-state index contributed by atoms with van der Waals surface area (Å²) >= 11 is 1.85. The molecular formula is C14H21N3S. The first kappa shape index (κ1) is 13.3. The monoisotopic (exact) mass is 263 g/mol. The molecule has 2 heterocycles. The highest BCUT2D eigenvalue weighted by molar-refractivity contribution is 7.09. The highest BCUT2D eigenvalue weighted by atomic mass is 32.1. The number of thiophene rings is 1. The molecule has 0 fully saturated rings. The van der Waals surface area contributed by atoms with Crippen LogP contribution in [-0.2, 0) is 13.0 Å². The summed E-state index contributed by atoms with van der Waals surface area (Å²) in [6, 6.07) is 4.76. The molecular weight excluding hydrogens is 242 g/mol. The van der Waals surface area contributed by atoms with Crippen LogP contribution in [0.1, 0.15) is 36.2 Å². The predicted octanol–water partition coefficient (Wildman–Crippen LogP) is 3.25. The normalized spacial score (nSPS) is 12.8. The Morgan fingerprint density at radius 2 is 2.39 bits per heavy atom. The number of aromatic nitrogens is 2. The van der Waals surface area contributed by atoms with Crippen molar-refractivity contribution < 1.29 is 0 Å². The summed E-state index contributed by atoms with van der Waals surface area (Å²) in [6.45, 7) is 3.05. The van der Waals surface area contributed by atoms with Crippen LogP contribution in [0, 0.1) is 0 Å². The van der Waals surface area contributed by atoms with Crippen molar-refractivity contribution >= 4 is 11.3 Å². The number of hydrogen-bond acceptors (Lipinski definition) is 3. The Kier molecular flexibility index (Phi) is 4.96. The lowest BCUT2D eigenvalue weighted by Gasteiger charge is -2.13. The Hall–Kier alpha value is -1.13. The maximum absolute atomic E-state index is 4.34. The maximum atomic E-state index is 4.34. The lowest BCUT2D eigenvalue weighted by Crippen LogP contribution is -2.16. The molecule has 4 heteroatoms. The van der Waals surface area contributed by atoms with E-state index in [1.54, 1.807) is 0 Å². The molecule has 2 aromatic heterocycles. The van der Waals surface area contributed by atoms with Gasteiger partial charge in [-0.15, -0.1) is 11.3 Å². The fraction of sp³-hybridized carbons (Fsp3) is 0.500. The van der Waals surface area contributed by atoms with E-state index in [2.05, 4.69) is 41.0 Å². The van der Waals surface area contributed by atoms with Gasteiger partial charge < -0.3 is 5.32 Å². The van der Waals surface area contributed by atoms with Gasteiger partial charge in [0.05, 0.1) is 6.20 Å². The molecule has 0 aliphatic carbocycles. The van der Waals surface area contributed by atoms with E-state index >= 15 is 0 Å². The molecule has 0 saturated carbocycles. The number of nitrogens with one attached hydrogen (secondary N) is 1. The van der Waals surface area contributed by atoms with Gasteiger partial charge in [0.1, 0.15) is 0 Å². The average Bonchev–Trinajstić information content (AvgIpc) is 3.05. The van der Waals surface area contributed by atoms with E-state index in [4.69, 9.17) is 0 Å². The van der Waals surface area contributed by atoms with Gasteiger partial charge in [0.2, 0.25) is 0 Å². The van der Waals surface area contributed by atoms with Crippen molar-refractivity contribution in [2.24, 2.45) is 0 Å². The maximum Gasteiger partial charge on any atom is 0.0537 e. The summed E-state index contributed by atoms with van der Waals surface area (Å²) in [5.74, 6) is 0. The number of aryl methyl sites for hydroxylation is 2. The largest absolute Gasteiger partial charge is 0.313 e. The summed E-state index contributed by atoms with van der Waals surface area (Å²) < 4.78 is 1.99. The molecule has 0 aromatic carbocycles. The number of nitrogens with zero attached hydrogens (tertiary/aromatic N) is 2. The first-order valence-corrected chi connectivity index (χ1v) is 7.43. The standard InChI is InChI=1S/C14H21N3S/c1-3-17-11-12(10-16-17)14(15-2)8-4-6-13-7-5-9-18-13/h5,7,9-11,14-15H,3-4,6,8H2,1-2H3. The van der Waals surface area contributed by atoms with E-state index < -0.39 is 0 Å². The third kappa shape index (κ3) is 3.43. The van der Waals surface area contributed by atoms with E-state index in [1.165, 1.54) is 23.3 Å². The minimum atomic E-state index is 0.422. The number of rotatable bonds is 7. The third-order valence-electron chi connectivity index (χ3n) is 3.22. The lowest BCUT2D eigenvalue weighted by atomic mass is 10.0. The molecule has 2 rings (SSSR count). The molecule has 0 aliphatic rings. The minimum absolute atomic E-state index is 0.422. The Labute approximate surface area is 113 Å². The lowest BCUT2D eigenvalue weighted by molar-refractivity contribution is 0.527. The van der Waals surface area contributed by atoms with Crippen molar-refractivity contribution in [1.82, 2.24) is 15.1 Å². The molecule has 98 valence electrons. The van der Waals surface area contributed by atoms with E-state index in [0.717, 1.165) is 13.0 Å². The Morgan fingerprint density at radius 1 is 1.50 bits per heavy atom. The molecule has 18 heavy (non-hydrogen) atoms. The van der Waals surface area contributed by atoms with Crippen LogP contribution < -0.4 is 5.32 Å². The molecule has 1 atom stereocenters. The molecule has 0 spiro atoms. The SMILES string of the molecule is CCn1cc(C(CCCc2cccs2)NC)cn1. The summed E-state index contributed by atoms with van der Waals surface area (Å²) in [6.07, 6.45) is 7.67. The van der Waals surface area contributed by atoms with Crippen LogP contribution in [0.2, 0.25) is 0 Å². The molecule has 0 saturated heterocycles. The second-order valence-corrected chi connectivity index (χ2v) is 5.47. The first-order chi connectivity index (χ1) is 8.83. The second-order valence-electron chi connectivity index (χ2n) is 4.44. The van der Waals surface area contributed by atoms with Crippen LogP contribution >= 0.6 is 11.3 Å². The van der Waals surface area contributed by atoms with E-state index in [0.29, 0.717) is 6.04 Å². The van der Waals surface area contributed by atoms with Crippen LogP contribution in [0.4, 0.5) is 0 Å². The van der Waals surface area contributed by atoms with Gasteiger partial charge in [-0.2, -0.15) is 5.10 Å². The zero-order valence-electron chi connectivity index (χ0n) is 11.1. The van der Waals surface area contributed by atoms with E-state index in [-0.39, 0.29) is 0 Å². The highest BCUT2D eigenvalue weighted by Gasteiger charge is 2.11. The summed E-state index contributed by atoms with van der Waals surface area (Å²) in [5, 5.41) is 9.88. The molecule has 0 aliphatic heterocycles. The Balaban J connectivity index is 1.85. The van der Waals surface area contributed by atoms with Crippen molar-refractivity contribution in [3.8, 4) is 0 Å². The van der Waals surface area contributed by atoms with E-state index in [9.17, 15) is 0 Å². The molecule has 2 aromatic rings. The van der Waals surface area contributed by atoms with Crippen molar-refractivity contribution in [3.05, 3.63) is 40.3 Å². The van der Waals surface area contributed by atoms with Gasteiger partial charge in [-0.05, 0) is 44.7 Å². The van der Waals surface area contributed by atoms with Gasteiger partial charge in [-0.1, -0.05) is 6.07 Å². The first-order valence-electron chi connectivity index (χ1n) is 6.55. The average molecular weight is 263 g/mol. The quantitative estimate of drug-likeness (QED) is 0.831. The fourth-order valence-corrected chi connectivity index (χ4v) is 2.90. The Morgan fingerprint density at radius 3 is 3.00 bits per heavy atom. The van der Waals surface area contributed by atoms with Crippen LogP contribution in [0.5, 0.6) is 0 Å². The third-order valence-corrected chi connectivity index (χ3v) is 4.16. The summed E-state index contributed by atoms with van der Waals surface area (Å²) in [5.41, 5.74) is 1.30. The molecule has 1 N–H and O–H groups in total. The summed E-state index contributed by atoms with van der Waals surface area (Å²) in [4.78, 5) is 1.48. The van der Waals surface area contributed by atoms with Crippen molar-refractivity contribution in [3.63, 3.8) is 0 Å². The molecule has 0 radical (unpaired) electrons. The second kappa shape index (κ2) is 6.71. The van der Waals surface area contributed by atoms with Gasteiger partial charge in [0.15, 0.2) is 0 Å². The molecule has 3 nitrogen and oxygen atoms in total. The smallest absolute Gasteiger partial charge is 0.0537 e. The molecule has 0 bridgehead atoms. The molecule has 0 amide bonds. The summed E-state index contributed by atoms with van der Waals surface area (Å²) in [7, 11) is 2.03. The number of hydrogen-bond donors (Lipinski definition) is 1. The fourth-order valence-electron chi connectivity index (χ4n) is 2.15. The van der Waals surface area contributed by atoms with Crippen LogP contribution in [0.25, 0.3) is 0 Å². The van der Waals surface area contributed by atoms with Crippen molar-refractivity contribution in [2.75, 3.05) is 7.05 Å². The van der Waals surface area contributed by atoms with Crippen LogP contribution in [-0.4, -0.2) is 16.8 Å². The molecule has 1 unspecified atom stereocenters. The highest BCUT2D eigenvalue weighted by Crippen LogP contribution is 2.20. The van der Waals surface area contributed by atoms with Crippen LogP contribution in [0.3, 0.4) is 0 Å². The van der Waals surface area contributed by atoms with Gasteiger partial charge in [-0.25, -0.2) is 0 Å². The van der Waals surface area contributed by atoms with Gasteiger partial charge >= 0.3 is 0 Å². The van der Waals surface area contributed by atoms with Gasteiger partial charge in [0, 0.05) is 29.2 Å². The van der Waals surface area contributed by atoms with Crippen molar-refractivity contribution in [2.45, 2.75) is 38.8 Å². The van der Waals surface area contributed by atoms with Gasteiger partial charge in [-0.3, -0.25) is 4.68 Å². The predicted molar refractivity (Wildman–Crippen MR) is 77.0 cm³/mol. The van der Waals surface area contributed by atoms with Crippen molar-refractivity contribution in [1.29, 1.82) is 0 Å². The van der Waals surface area contributed by atoms with Gasteiger partial charge in [0.25, 0.3) is 0 Å².